The van der Waals surface area contributed by atoms with Gasteiger partial charge in [-0.15, -0.1) is 0 Å². The summed E-state index contributed by atoms with van der Waals surface area (Å²) < 4.78 is 4.68. The minimum Gasteiger partial charge on any atom is -0.393 e. The Labute approximate surface area is 155 Å². The number of rotatable bonds is 16. The number of esters is 2. The average Bonchev–Trinajstić information content (AvgIpc) is 2.84. The Morgan fingerprint density at radius 3 is 1.40 bits per heavy atom. The molecule has 0 aromatic carbocycles. The second-order valence-electron chi connectivity index (χ2n) is 7.87. The minimum absolute atomic E-state index is 0.186. The van der Waals surface area contributed by atoms with E-state index < -0.39 is 0 Å². The van der Waals surface area contributed by atoms with Crippen molar-refractivity contribution in [3.63, 3.8) is 0 Å². The largest absolute Gasteiger partial charge is 0.393 e. The fourth-order valence-electron chi connectivity index (χ4n) is 3.74. The van der Waals surface area contributed by atoms with Crippen LogP contribution in [0.25, 0.3) is 0 Å². The van der Waals surface area contributed by atoms with Crippen molar-refractivity contribution in [3.05, 3.63) is 0 Å². The lowest BCUT2D eigenvalue weighted by Gasteiger charge is -2.08. The van der Waals surface area contributed by atoms with Crippen molar-refractivity contribution in [1.29, 1.82) is 0 Å². The van der Waals surface area contributed by atoms with E-state index in [1.54, 1.807) is 0 Å². The maximum Gasteiger partial charge on any atom is 0.317 e. The van der Waals surface area contributed by atoms with Crippen LogP contribution in [-0.4, -0.2) is 11.9 Å². The van der Waals surface area contributed by atoms with Gasteiger partial charge in [-0.1, -0.05) is 110 Å². The highest BCUT2D eigenvalue weighted by Crippen LogP contribution is 2.28. The zero-order valence-electron chi connectivity index (χ0n) is 16.7. The molecule has 0 bridgehead atoms. The highest BCUT2D eigenvalue weighted by atomic mass is 16.6. The highest BCUT2D eigenvalue weighted by Gasteiger charge is 2.40. The first-order chi connectivity index (χ1) is 12.2. The van der Waals surface area contributed by atoms with E-state index in [1.165, 1.54) is 89.9 Å². The lowest BCUT2D eigenvalue weighted by molar-refractivity contribution is -0.153. The van der Waals surface area contributed by atoms with E-state index in [0.717, 1.165) is 12.8 Å². The summed E-state index contributed by atoms with van der Waals surface area (Å²) in [5.74, 6) is -1.06. The first kappa shape index (κ1) is 22.2. The van der Waals surface area contributed by atoms with Gasteiger partial charge in [-0.2, -0.15) is 0 Å². The molecule has 3 heteroatoms. The van der Waals surface area contributed by atoms with E-state index in [9.17, 15) is 9.59 Å². The molecule has 25 heavy (non-hydrogen) atoms. The van der Waals surface area contributed by atoms with Gasteiger partial charge in [-0.25, -0.2) is 0 Å². The van der Waals surface area contributed by atoms with Crippen LogP contribution in [0.1, 0.15) is 117 Å². The predicted octanol–water partition coefficient (Wildman–Crippen LogP) is 6.58. The van der Waals surface area contributed by atoms with Gasteiger partial charge < -0.3 is 4.74 Å². The van der Waals surface area contributed by atoms with Crippen LogP contribution in [0.2, 0.25) is 0 Å². The van der Waals surface area contributed by atoms with Crippen LogP contribution in [0.5, 0.6) is 0 Å². The molecule has 1 aliphatic heterocycles. The molecule has 0 amide bonds. The molecule has 146 valence electrons. The molecule has 1 aliphatic rings. The Hall–Kier alpha value is -0.860. The number of hydrogen-bond donors (Lipinski definition) is 0. The van der Waals surface area contributed by atoms with Crippen LogP contribution in [0.4, 0.5) is 0 Å². The summed E-state index contributed by atoms with van der Waals surface area (Å²) in [4.78, 5) is 22.8. The van der Waals surface area contributed by atoms with Crippen molar-refractivity contribution in [2.24, 2.45) is 11.8 Å². The summed E-state index contributed by atoms with van der Waals surface area (Å²) >= 11 is 0. The highest BCUT2D eigenvalue weighted by molar-refractivity contribution is 5.96. The predicted molar refractivity (Wildman–Crippen MR) is 103 cm³/mol. The van der Waals surface area contributed by atoms with Crippen LogP contribution in [-0.2, 0) is 14.3 Å². The monoisotopic (exact) mass is 352 g/mol. The average molecular weight is 353 g/mol. The van der Waals surface area contributed by atoms with Crippen molar-refractivity contribution in [2.75, 3.05) is 0 Å². The Morgan fingerprint density at radius 2 is 1.04 bits per heavy atom. The molecule has 1 saturated heterocycles. The second-order valence-corrected chi connectivity index (χ2v) is 7.87. The van der Waals surface area contributed by atoms with Crippen LogP contribution in [0.3, 0.4) is 0 Å². The smallest absolute Gasteiger partial charge is 0.317 e. The molecule has 1 rings (SSSR count). The standard InChI is InChI=1S/C22H40O3/c1-3-4-5-6-7-8-9-10-11-12-13-14-15-16-17-18-20-19(2)21(23)25-22(20)24/h19-20H,3-18H2,1-2H3. The van der Waals surface area contributed by atoms with Crippen molar-refractivity contribution in [1.82, 2.24) is 0 Å². The molecule has 0 aromatic heterocycles. The van der Waals surface area contributed by atoms with E-state index in [2.05, 4.69) is 11.7 Å². The SMILES string of the molecule is CCCCCCCCCCCCCCCCCC1C(=O)OC(=O)C1C. The quantitative estimate of drug-likeness (QED) is 0.179. The molecule has 0 spiro atoms. The maximum absolute atomic E-state index is 11.5. The van der Waals surface area contributed by atoms with Gasteiger partial charge in [0.2, 0.25) is 0 Å². The van der Waals surface area contributed by atoms with E-state index >= 15 is 0 Å². The van der Waals surface area contributed by atoms with Crippen LogP contribution >= 0.6 is 0 Å². The molecule has 2 unspecified atom stereocenters. The van der Waals surface area contributed by atoms with Crippen molar-refractivity contribution in [2.45, 2.75) is 117 Å². The van der Waals surface area contributed by atoms with Gasteiger partial charge in [-0.3, -0.25) is 9.59 Å². The number of carbonyl (C=O) groups is 2. The molecule has 1 heterocycles. The Kier molecular flexibility index (Phi) is 12.7. The number of ether oxygens (including phenoxy) is 1. The van der Waals surface area contributed by atoms with Gasteiger partial charge in [-0.05, 0) is 6.42 Å². The third kappa shape index (κ3) is 10.0. The molecular formula is C22H40O3. The summed E-state index contributed by atoms with van der Waals surface area (Å²) in [5, 5.41) is 0. The fourth-order valence-corrected chi connectivity index (χ4v) is 3.74. The third-order valence-electron chi connectivity index (χ3n) is 5.60. The van der Waals surface area contributed by atoms with E-state index in [1.807, 2.05) is 6.92 Å². The molecule has 0 aromatic rings. The van der Waals surface area contributed by atoms with Gasteiger partial charge in [0.15, 0.2) is 0 Å². The first-order valence-electron chi connectivity index (χ1n) is 10.9. The van der Waals surface area contributed by atoms with Gasteiger partial charge in [0.25, 0.3) is 0 Å². The number of cyclic esters (lactones) is 2. The van der Waals surface area contributed by atoms with E-state index in [0.29, 0.717) is 0 Å². The number of carbonyl (C=O) groups excluding carboxylic acids is 2. The topological polar surface area (TPSA) is 43.4 Å². The first-order valence-corrected chi connectivity index (χ1v) is 10.9. The lowest BCUT2D eigenvalue weighted by atomic mass is 9.91. The zero-order valence-corrected chi connectivity index (χ0v) is 16.7. The van der Waals surface area contributed by atoms with E-state index in [4.69, 9.17) is 0 Å². The van der Waals surface area contributed by atoms with Gasteiger partial charge in [0, 0.05) is 0 Å². The molecule has 0 radical (unpaired) electrons. The van der Waals surface area contributed by atoms with Crippen molar-refractivity contribution < 1.29 is 14.3 Å². The summed E-state index contributed by atoms with van der Waals surface area (Å²) in [6.07, 6.45) is 21.0. The van der Waals surface area contributed by atoms with Crippen molar-refractivity contribution in [3.8, 4) is 0 Å². The summed E-state index contributed by atoms with van der Waals surface area (Å²) in [5.41, 5.74) is 0. The summed E-state index contributed by atoms with van der Waals surface area (Å²) in [6, 6.07) is 0. The summed E-state index contributed by atoms with van der Waals surface area (Å²) in [7, 11) is 0. The van der Waals surface area contributed by atoms with Crippen LogP contribution < -0.4 is 0 Å². The Morgan fingerprint density at radius 1 is 0.640 bits per heavy atom. The second kappa shape index (κ2) is 14.3. The van der Waals surface area contributed by atoms with Gasteiger partial charge in [0.05, 0.1) is 11.8 Å². The molecule has 3 nitrogen and oxygen atoms in total. The molecule has 0 saturated carbocycles. The Bertz CT molecular complexity index is 364. The number of unbranched alkanes of at least 4 members (excludes halogenated alkanes) is 14. The molecule has 1 fully saturated rings. The van der Waals surface area contributed by atoms with Gasteiger partial charge >= 0.3 is 11.9 Å². The molecule has 2 atom stereocenters. The molecular weight excluding hydrogens is 312 g/mol. The van der Waals surface area contributed by atoms with Crippen LogP contribution in [0, 0.1) is 11.8 Å². The number of hydrogen-bond acceptors (Lipinski definition) is 3. The van der Waals surface area contributed by atoms with Crippen LogP contribution in [0.15, 0.2) is 0 Å². The third-order valence-corrected chi connectivity index (χ3v) is 5.60. The maximum atomic E-state index is 11.5. The normalized spacial score (nSPS) is 20.2. The minimum atomic E-state index is -0.337. The van der Waals surface area contributed by atoms with E-state index in [-0.39, 0.29) is 23.8 Å². The molecule has 0 aliphatic carbocycles. The lowest BCUT2D eigenvalue weighted by Crippen LogP contribution is -2.14. The Balaban J connectivity index is 1.79. The molecule has 0 N–H and O–H groups in total. The fraction of sp³-hybridized carbons (Fsp3) is 0.909. The summed E-state index contributed by atoms with van der Waals surface area (Å²) in [6.45, 7) is 4.08. The van der Waals surface area contributed by atoms with Crippen molar-refractivity contribution >= 4 is 11.9 Å². The van der Waals surface area contributed by atoms with Gasteiger partial charge in [0.1, 0.15) is 0 Å². The zero-order chi connectivity index (χ0) is 18.3.